The smallest absolute Gasteiger partial charge is 0.0826 e. The van der Waals surface area contributed by atoms with Gasteiger partial charge in [0, 0.05) is 11.7 Å². The van der Waals surface area contributed by atoms with Crippen molar-refractivity contribution >= 4 is 0 Å². The maximum absolute atomic E-state index is 6.21. The monoisotopic (exact) mass is 221 g/mol. The highest BCUT2D eigenvalue weighted by atomic mass is 15.3. The molecular formula is C13H23N3. The van der Waals surface area contributed by atoms with Crippen LogP contribution in [0.4, 0.5) is 0 Å². The highest BCUT2D eigenvalue weighted by molar-refractivity contribution is 5.25. The Balaban J connectivity index is 2.30. The molecule has 1 aromatic heterocycles. The molecule has 0 spiro atoms. The van der Waals surface area contributed by atoms with Crippen LogP contribution in [0.1, 0.15) is 58.0 Å². The summed E-state index contributed by atoms with van der Waals surface area (Å²) in [6, 6.07) is 2.64. The van der Waals surface area contributed by atoms with E-state index in [1.165, 1.54) is 5.69 Å². The first-order chi connectivity index (χ1) is 7.42. The molecule has 2 N–H and O–H groups in total. The number of rotatable bonds is 4. The minimum absolute atomic E-state index is 0.105. The van der Waals surface area contributed by atoms with Gasteiger partial charge in [-0.3, -0.25) is 4.68 Å². The molecular weight excluding hydrogens is 198 g/mol. The zero-order valence-electron chi connectivity index (χ0n) is 10.8. The molecule has 0 saturated heterocycles. The number of hydrogen-bond acceptors (Lipinski definition) is 2. The third-order valence-electron chi connectivity index (χ3n) is 3.22. The number of hydrogen-bond donors (Lipinski definition) is 1. The molecule has 1 saturated carbocycles. The zero-order valence-corrected chi connectivity index (χ0v) is 10.8. The molecule has 2 rings (SSSR count). The standard InChI is InChI=1S/C13H23N3/c1-9(2)7-11-8-12(13(14)5-6-13)15-16(11)10(3)4/h8-10H,5-7,14H2,1-4H3. The molecule has 16 heavy (non-hydrogen) atoms. The second-order valence-corrected chi connectivity index (χ2v) is 5.81. The molecule has 1 heterocycles. The molecule has 0 atom stereocenters. The average molecular weight is 221 g/mol. The maximum Gasteiger partial charge on any atom is 0.0826 e. The van der Waals surface area contributed by atoms with Crippen molar-refractivity contribution in [3.05, 3.63) is 17.5 Å². The van der Waals surface area contributed by atoms with E-state index in [-0.39, 0.29) is 5.54 Å². The van der Waals surface area contributed by atoms with Crippen molar-refractivity contribution in [2.75, 3.05) is 0 Å². The Morgan fingerprint density at radius 2 is 2.00 bits per heavy atom. The highest BCUT2D eigenvalue weighted by Crippen LogP contribution is 2.42. The van der Waals surface area contributed by atoms with Gasteiger partial charge in [-0.05, 0) is 45.1 Å². The predicted octanol–water partition coefficient (Wildman–Crippen LogP) is 2.61. The number of nitrogens with zero attached hydrogens (tertiary/aromatic N) is 2. The Morgan fingerprint density at radius 3 is 2.44 bits per heavy atom. The van der Waals surface area contributed by atoms with E-state index in [0.29, 0.717) is 12.0 Å². The van der Waals surface area contributed by atoms with Crippen molar-refractivity contribution < 1.29 is 0 Å². The highest BCUT2D eigenvalue weighted by Gasteiger charge is 2.42. The summed E-state index contributed by atoms with van der Waals surface area (Å²) in [6.45, 7) is 8.84. The molecule has 90 valence electrons. The molecule has 1 aromatic rings. The van der Waals surface area contributed by atoms with Gasteiger partial charge in [-0.2, -0.15) is 5.10 Å². The molecule has 0 radical (unpaired) electrons. The summed E-state index contributed by atoms with van der Waals surface area (Å²) >= 11 is 0. The van der Waals surface area contributed by atoms with Crippen LogP contribution in [0.15, 0.2) is 6.07 Å². The van der Waals surface area contributed by atoms with Gasteiger partial charge in [0.05, 0.1) is 11.2 Å². The van der Waals surface area contributed by atoms with E-state index in [1.54, 1.807) is 0 Å². The first kappa shape index (κ1) is 11.6. The second-order valence-electron chi connectivity index (χ2n) is 5.81. The topological polar surface area (TPSA) is 43.8 Å². The average Bonchev–Trinajstić information content (AvgIpc) is 2.77. The molecule has 1 aliphatic carbocycles. The molecule has 0 amide bonds. The van der Waals surface area contributed by atoms with E-state index >= 15 is 0 Å². The Labute approximate surface area is 98.0 Å². The summed E-state index contributed by atoms with van der Waals surface area (Å²) in [5.41, 5.74) is 8.52. The fraction of sp³-hybridized carbons (Fsp3) is 0.769. The van der Waals surface area contributed by atoms with Gasteiger partial charge in [0.2, 0.25) is 0 Å². The Hall–Kier alpha value is -0.830. The van der Waals surface area contributed by atoms with Crippen LogP contribution in [0.5, 0.6) is 0 Å². The van der Waals surface area contributed by atoms with Crippen LogP contribution < -0.4 is 5.73 Å². The first-order valence-corrected chi connectivity index (χ1v) is 6.30. The van der Waals surface area contributed by atoms with Gasteiger partial charge in [-0.15, -0.1) is 0 Å². The molecule has 0 aromatic carbocycles. The number of aromatic nitrogens is 2. The van der Waals surface area contributed by atoms with Crippen LogP contribution in [0, 0.1) is 5.92 Å². The fourth-order valence-corrected chi connectivity index (χ4v) is 2.09. The van der Waals surface area contributed by atoms with Gasteiger partial charge < -0.3 is 5.73 Å². The third kappa shape index (κ3) is 2.14. The zero-order chi connectivity index (χ0) is 11.9. The molecule has 1 aliphatic rings. The maximum atomic E-state index is 6.21. The van der Waals surface area contributed by atoms with E-state index in [1.807, 2.05) is 0 Å². The largest absolute Gasteiger partial charge is 0.320 e. The fourth-order valence-electron chi connectivity index (χ4n) is 2.09. The minimum atomic E-state index is -0.105. The van der Waals surface area contributed by atoms with Crippen molar-refractivity contribution in [3.8, 4) is 0 Å². The summed E-state index contributed by atoms with van der Waals surface area (Å²) in [5, 5.41) is 4.69. The van der Waals surface area contributed by atoms with E-state index in [2.05, 4.69) is 43.5 Å². The van der Waals surface area contributed by atoms with Gasteiger partial charge in [-0.1, -0.05) is 13.8 Å². The second kappa shape index (κ2) is 3.88. The first-order valence-electron chi connectivity index (χ1n) is 6.30. The van der Waals surface area contributed by atoms with Crippen molar-refractivity contribution in [1.82, 2.24) is 9.78 Å². The van der Waals surface area contributed by atoms with Crippen LogP contribution in [0.2, 0.25) is 0 Å². The quantitative estimate of drug-likeness (QED) is 0.849. The van der Waals surface area contributed by atoms with Crippen LogP contribution in [0.3, 0.4) is 0 Å². The molecule has 0 aliphatic heterocycles. The Bertz CT molecular complexity index is 373. The minimum Gasteiger partial charge on any atom is -0.320 e. The van der Waals surface area contributed by atoms with Crippen molar-refractivity contribution in [2.45, 2.75) is 58.5 Å². The van der Waals surface area contributed by atoms with Gasteiger partial charge in [0.15, 0.2) is 0 Å². The van der Waals surface area contributed by atoms with Crippen LogP contribution in [-0.2, 0) is 12.0 Å². The lowest BCUT2D eigenvalue weighted by atomic mass is 10.1. The van der Waals surface area contributed by atoms with Gasteiger partial charge in [0.1, 0.15) is 0 Å². The Kier molecular flexibility index (Phi) is 2.82. The molecule has 0 unspecified atom stereocenters. The van der Waals surface area contributed by atoms with E-state index in [4.69, 9.17) is 5.73 Å². The van der Waals surface area contributed by atoms with Crippen molar-refractivity contribution in [3.63, 3.8) is 0 Å². The summed E-state index contributed by atoms with van der Waals surface area (Å²) in [5.74, 6) is 0.662. The molecule has 1 fully saturated rings. The van der Waals surface area contributed by atoms with Gasteiger partial charge in [-0.25, -0.2) is 0 Å². The summed E-state index contributed by atoms with van der Waals surface area (Å²) in [6.07, 6.45) is 3.26. The summed E-state index contributed by atoms with van der Waals surface area (Å²) < 4.78 is 2.14. The number of nitrogens with two attached hydrogens (primary N) is 1. The predicted molar refractivity (Wildman–Crippen MR) is 66.3 cm³/mol. The lowest BCUT2D eigenvalue weighted by Gasteiger charge is -2.12. The van der Waals surface area contributed by atoms with E-state index < -0.39 is 0 Å². The van der Waals surface area contributed by atoms with Crippen molar-refractivity contribution in [2.24, 2.45) is 11.7 Å². The molecule has 3 heteroatoms. The summed E-state index contributed by atoms with van der Waals surface area (Å²) in [7, 11) is 0. The SMILES string of the molecule is CC(C)Cc1cc(C2(N)CC2)nn1C(C)C. The molecule has 3 nitrogen and oxygen atoms in total. The van der Waals surface area contributed by atoms with E-state index in [0.717, 1.165) is 25.0 Å². The lowest BCUT2D eigenvalue weighted by molar-refractivity contribution is 0.480. The lowest BCUT2D eigenvalue weighted by Crippen LogP contribution is -2.20. The van der Waals surface area contributed by atoms with Crippen molar-refractivity contribution in [1.29, 1.82) is 0 Å². The van der Waals surface area contributed by atoms with Gasteiger partial charge in [0.25, 0.3) is 0 Å². The van der Waals surface area contributed by atoms with E-state index in [9.17, 15) is 0 Å². The Morgan fingerprint density at radius 1 is 1.38 bits per heavy atom. The van der Waals surface area contributed by atoms with Crippen LogP contribution in [-0.4, -0.2) is 9.78 Å². The van der Waals surface area contributed by atoms with Gasteiger partial charge >= 0.3 is 0 Å². The normalized spacial score (nSPS) is 18.4. The van der Waals surface area contributed by atoms with Crippen LogP contribution >= 0.6 is 0 Å². The summed E-state index contributed by atoms with van der Waals surface area (Å²) in [4.78, 5) is 0. The third-order valence-corrected chi connectivity index (χ3v) is 3.22. The van der Waals surface area contributed by atoms with Crippen LogP contribution in [0.25, 0.3) is 0 Å². The molecule has 0 bridgehead atoms.